The zero-order valence-corrected chi connectivity index (χ0v) is 23.1. The number of aromatic nitrogens is 4. The number of rotatable bonds is 10. The number of hydrogen-bond donors (Lipinski definition) is 4. The van der Waals surface area contributed by atoms with Crippen LogP contribution in [0.3, 0.4) is 0 Å². The summed E-state index contributed by atoms with van der Waals surface area (Å²) in [7, 11) is -1.21. The maximum absolute atomic E-state index is 13.2. The second-order valence-corrected chi connectivity index (χ2v) is 16.8. The fourth-order valence-corrected chi connectivity index (χ4v) is 5.71. The highest BCUT2D eigenvalue weighted by atomic mass is 28.3. The molecule has 11 heteroatoms. The molecular formula is C26H38N6O4Si. The maximum Gasteiger partial charge on any atom is 0.404 e. The van der Waals surface area contributed by atoms with Gasteiger partial charge in [0.05, 0.1) is 11.4 Å². The van der Waals surface area contributed by atoms with Crippen LogP contribution in [0.15, 0.2) is 30.7 Å². The van der Waals surface area contributed by atoms with Crippen LogP contribution in [-0.4, -0.2) is 57.3 Å². The average Bonchev–Trinajstić information content (AvgIpc) is 3.49. The van der Waals surface area contributed by atoms with Crippen molar-refractivity contribution in [2.75, 3.05) is 11.9 Å². The molecule has 2 amide bonds. The minimum atomic E-state index is -1.21. The maximum atomic E-state index is 13.2. The average molecular weight is 527 g/mol. The molecule has 1 saturated carbocycles. The van der Waals surface area contributed by atoms with Gasteiger partial charge in [-0.2, -0.15) is 0 Å². The van der Waals surface area contributed by atoms with Gasteiger partial charge in [0.2, 0.25) is 5.91 Å². The van der Waals surface area contributed by atoms with Crippen LogP contribution in [0.2, 0.25) is 25.7 Å². The molecule has 4 rings (SSSR count). The van der Waals surface area contributed by atoms with Gasteiger partial charge in [0, 0.05) is 50.6 Å². The van der Waals surface area contributed by atoms with E-state index in [-0.39, 0.29) is 23.8 Å². The van der Waals surface area contributed by atoms with Gasteiger partial charge in [-0.25, -0.2) is 14.8 Å². The van der Waals surface area contributed by atoms with E-state index in [0.717, 1.165) is 48.5 Å². The fraction of sp³-hybridized carbons (Fsp3) is 0.538. The topological polar surface area (TPSA) is 134 Å². The molecule has 0 bridgehead atoms. The summed E-state index contributed by atoms with van der Waals surface area (Å²) in [6, 6.07) is 4.78. The van der Waals surface area contributed by atoms with Gasteiger partial charge in [0.25, 0.3) is 0 Å². The molecule has 1 aliphatic rings. The SMILES string of the molecule is CC(NC(=O)O)[C@H]1CC[C@H](C(=O)Nc2ccnc3c2cc(-c2ncc[nH]2)n3COCC[Si](C)(C)C)CC1. The Balaban J connectivity index is 1.49. The second kappa shape index (κ2) is 11.5. The zero-order valence-electron chi connectivity index (χ0n) is 22.1. The van der Waals surface area contributed by atoms with Gasteiger partial charge in [0.1, 0.15) is 12.4 Å². The molecule has 37 heavy (non-hydrogen) atoms. The van der Waals surface area contributed by atoms with Gasteiger partial charge in [-0.05, 0) is 56.7 Å². The first-order valence-electron chi connectivity index (χ1n) is 13.0. The summed E-state index contributed by atoms with van der Waals surface area (Å²) in [4.78, 5) is 36.4. The summed E-state index contributed by atoms with van der Waals surface area (Å²) in [5, 5.41) is 15.5. The van der Waals surface area contributed by atoms with Crippen molar-refractivity contribution in [2.45, 2.75) is 71.1 Å². The number of pyridine rings is 1. The predicted octanol–water partition coefficient (Wildman–Crippen LogP) is 5.14. The van der Waals surface area contributed by atoms with E-state index in [9.17, 15) is 9.59 Å². The Kier molecular flexibility index (Phi) is 8.33. The Hall–Kier alpha value is -3.18. The number of carbonyl (C=O) groups is 2. The quantitative estimate of drug-likeness (QED) is 0.213. The molecule has 10 nitrogen and oxygen atoms in total. The van der Waals surface area contributed by atoms with E-state index < -0.39 is 14.2 Å². The van der Waals surface area contributed by atoms with Crippen molar-refractivity contribution in [3.63, 3.8) is 0 Å². The van der Waals surface area contributed by atoms with E-state index >= 15 is 0 Å². The van der Waals surface area contributed by atoms with E-state index in [1.54, 1.807) is 18.6 Å². The van der Waals surface area contributed by atoms with Gasteiger partial charge in [-0.3, -0.25) is 9.36 Å². The van der Waals surface area contributed by atoms with E-state index in [4.69, 9.17) is 9.84 Å². The van der Waals surface area contributed by atoms with Gasteiger partial charge in [0.15, 0.2) is 5.82 Å². The first-order chi connectivity index (χ1) is 17.6. The molecule has 1 atom stereocenters. The van der Waals surface area contributed by atoms with Crippen LogP contribution in [0.25, 0.3) is 22.6 Å². The van der Waals surface area contributed by atoms with Crippen LogP contribution >= 0.6 is 0 Å². The van der Waals surface area contributed by atoms with Crippen LogP contribution in [0.4, 0.5) is 10.5 Å². The highest BCUT2D eigenvalue weighted by Gasteiger charge is 2.30. The lowest BCUT2D eigenvalue weighted by molar-refractivity contribution is -0.121. The molecule has 1 unspecified atom stereocenters. The van der Waals surface area contributed by atoms with Crippen LogP contribution < -0.4 is 10.6 Å². The van der Waals surface area contributed by atoms with Gasteiger partial charge in [-0.15, -0.1) is 0 Å². The number of anilines is 1. The summed E-state index contributed by atoms with van der Waals surface area (Å²) in [6.45, 7) is 9.90. The minimum Gasteiger partial charge on any atom is -0.465 e. The lowest BCUT2D eigenvalue weighted by Gasteiger charge is -2.31. The Morgan fingerprint density at radius 1 is 1.22 bits per heavy atom. The van der Waals surface area contributed by atoms with Gasteiger partial charge in [-0.1, -0.05) is 19.6 Å². The van der Waals surface area contributed by atoms with E-state index in [1.165, 1.54) is 0 Å². The number of nitrogens with zero attached hydrogens (tertiary/aromatic N) is 3. The molecule has 0 aromatic carbocycles. The molecule has 0 radical (unpaired) electrons. The number of imidazole rings is 1. The van der Waals surface area contributed by atoms with Crippen LogP contribution in [-0.2, 0) is 16.3 Å². The minimum absolute atomic E-state index is 0.0107. The molecule has 1 aliphatic carbocycles. The summed E-state index contributed by atoms with van der Waals surface area (Å²) >= 11 is 0. The standard InChI is InChI=1S/C26H38N6O4Si/c1-17(30-26(34)35)18-5-7-19(8-6-18)25(33)31-21-9-10-29-24-20(21)15-22(23-27-11-12-28-23)32(24)16-36-13-14-37(2,3)4/h9-12,15,17-19,30H,5-8,13-14,16H2,1-4H3,(H,27,28)(H,34,35)(H,29,31,33)/t17?,18-,19-. The molecule has 1 fully saturated rings. The third kappa shape index (κ3) is 6.78. The summed E-state index contributed by atoms with van der Waals surface area (Å²) in [6.07, 6.45) is 7.30. The number of carbonyl (C=O) groups excluding carboxylic acids is 1. The number of H-pyrrole nitrogens is 1. The molecular weight excluding hydrogens is 488 g/mol. The molecule has 4 N–H and O–H groups in total. The molecule has 200 valence electrons. The first-order valence-corrected chi connectivity index (χ1v) is 16.7. The smallest absolute Gasteiger partial charge is 0.404 e. The Morgan fingerprint density at radius 3 is 2.62 bits per heavy atom. The summed E-state index contributed by atoms with van der Waals surface area (Å²) in [5.41, 5.74) is 2.30. The molecule has 3 heterocycles. The van der Waals surface area contributed by atoms with Crippen molar-refractivity contribution < 1.29 is 19.4 Å². The second-order valence-electron chi connectivity index (χ2n) is 11.2. The highest BCUT2D eigenvalue weighted by molar-refractivity contribution is 6.76. The van der Waals surface area contributed by atoms with E-state index in [1.807, 2.05) is 23.6 Å². The Bertz CT molecular complexity index is 1210. The first kappa shape index (κ1) is 26.9. The Morgan fingerprint density at radius 2 is 1.97 bits per heavy atom. The van der Waals surface area contributed by atoms with Crippen LogP contribution in [0.1, 0.15) is 32.6 Å². The largest absolute Gasteiger partial charge is 0.465 e. The third-order valence-electron chi connectivity index (χ3n) is 7.21. The molecule has 0 saturated heterocycles. The molecule has 0 aliphatic heterocycles. The highest BCUT2D eigenvalue weighted by Crippen LogP contribution is 2.34. The van der Waals surface area contributed by atoms with Crippen molar-refractivity contribution in [1.82, 2.24) is 24.8 Å². The number of aromatic amines is 1. The number of ether oxygens (including phenoxy) is 1. The van der Waals surface area contributed by atoms with E-state index in [0.29, 0.717) is 24.8 Å². The number of fused-ring (bicyclic) bond motifs is 1. The lowest BCUT2D eigenvalue weighted by Crippen LogP contribution is -2.39. The Labute approximate surface area is 218 Å². The third-order valence-corrected chi connectivity index (χ3v) is 8.92. The van der Waals surface area contributed by atoms with Crippen molar-refractivity contribution in [3.8, 4) is 11.5 Å². The van der Waals surface area contributed by atoms with Crippen LogP contribution in [0.5, 0.6) is 0 Å². The van der Waals surface area contributed by atoms with Crippen molar-refractivity contribution >= 4 is 36.8 Å². The number of nitrogens with one attached hydrogen (secondary N) is 3. The number of amides is 2. The number of hydrogen-bond acceptors (Lipinski definition) is 5. The van der Waals surface area contributed by atoms with E-state index in [2.05, 4.69) is 45.2 Å². The molecule has 3 aromatic rings. The zero-order chi connectivity index (χ0) is 26.6. The predicted molar refractivity (Wildman–Crippen MR) is 146 cm³/mol. The van der Waals surface area contributed by atoms with Crippen LogP contribution in [0, 0.1) is 11.8 Å². The van der Waals surface area contributed by atoms with Crippen molar-refractivity contribution in [1.29, 1.82) is 0 Å². The summed E-state index contributed by atoms with van der Waals surface area (Å²) < 4.78 is 8.05. The number of carboxylic acid groups (broad SMARTS) is 1. The normalized spacial score (nSPS) is 19.0. The van der Waals surface area contributed by atoms with Gasteiger partial charge >= 0.3 is 6.09 Å². The lowest BCUT2D eigenvalue weighted by atomic mass is 9.78. The summed E-state index contributed by atoms with van der Waals surface area (Å²) in [5.74, 6) is 0.849. The molecule has 3 aromatic heterocycles. The monoisotopic (exact) mass is 526 g/mol. The van der Waals surface area contributed by atoms with Crippen molar-refractivity contribution in [2.24, 2.45) is 11.8 Å². The van der Waals surface area contributed by atoms with Gasteiger partial charge < -0.3 is 25.5 Å². The fourth-order valence-electron chi connectivity index (χ4n) is 4.95. The molecule has 0 spiro atoms. The van der Waals surface area contributed by atoms with Crippen molar-refractivity contribution in [3.05, 3.63) is 30.7 Å².